The van der Waals surface area contributed by atoms with Crippen LogP contribution in [0.4, 0.5) is 24.5 Å². The summed E-state index contributed by atoms with van der Waals surface area (Å²) < 4.78 is 46.7. The zero-order valence-electron chi connectivity index (χ0n) is 16.0. The second kappa shape index (κ2) is 8.59. The van der Waals surface area contributed by atoms with Crippen molar-refractivity contribution in [1.82, 2.24) is 4.98 Å². The number of carbonyl (C=O) groups excluding carboxylic acids is 1. The van der Waals surface area contributed by atoms with E-state index in [1.807, 2.05) is 13.8 Å². The highest BCUT2D eigenvalue weighted by atomic mass is 35.5. The van der Waals surface area contributed by atoms with E-state index in [9.17, 15) is 18.0 Å². The van der Waals surface area contributed by atoms with Crippen molar-refractivity contribution in [1.29, 1.82) is 0 Å². The third-order valence-corrected chi connectivity index (χ3v) is 4.72. The number of aromatic nitrogens is 1. The number of nitrogens with one attached hydrogen (secondary N) is 1. The lowest BCUT2D eigenvalue weighted by atomic mass is 10.1. The van der Waals surface area contributed by atoms with Crippen LogP contribution in [0.5, 0.6) is 0 Å². The molecule has 0 spiro atoms. The summed E-state index contributed by atoms with van der Waals surface area (Å²) in [6, 6.07) is 7.03. The van der Waals surface area contributed by atoms with Crippen LogP contribution in [0.2, 0.25) is 5.15 Å². The van der Waals surface area contributed by atoms with Gasteiger partial charge in [-0.05, 0) is 43.7 Å². The van der Waals surface area contributed by atoms with Gasteiger partial charge in [-0.1, -0.05) is 17.7 Å². The van der Waals surface area contributed by atoms with Crippen LogP contribution in [0.3, 0.4) is 0 Å². The lowest BCUT2D eigenvalue weighted by Gasteiger charge is -2.38. The molecule has 2 aromatic rings. The summed E-state index contributed by atoms with van der Waals surface area (Å²) >= 11 is 5.70. The summed E-state index contributed by atoms with van der Waals surface area (Å²) in [5, 5.41) is 2.82. The van der Waals surface area contributed by atoms with Gasteiger partial charge in [0.1, 0.15) is 5.15 Å². The highest BCUT2D eigenvalue weighted by Crippen LogP contribution is 2.39. The molecule has 0 radical (unpaired) electrons. The highest BCUT2D eigenvalue weighted by molar-refractivity contribution is 6.29. The fourth-order valence-corrected chi connectivity index (χ4v) is 3.50. The number of amides is 1. The average molecular weight is 428 g/mol. The Morgan fingerprint density at radius 3 is 2.52 bits per heavy atom. The first-order valence-electron chi connectivity index (χ1n) is 9.14. The van der Waals surface area contributed by atoms with Gasteiger partial charge in [-0.2, -0.15) is 13.2 Å². The number of nitrogens with zero attached hydrogens (tertiary/aromatic N) is 2. The minimum absolute atomic E-state index is 0.0221. The highest BCUT2D eigenvalue weighted by Gasteiger charge is 2.36. The molecule has 1 N–H and O–H groups in total. The normalized spacial score (nSPS) is 19.9. The van der Waals surface area contributed by atoms with Crippen molar-refractivity contribution in [3.8, 4) is 0 Å². The Morgan fingerprint density at radius 1 is 1.24 bits per heavy atom. The lowest BCUT2D eigenvalue weighted by molar-refractivity contribution is -0.137. The first-order chi connectivity index (χ1) is 13.6. The molecule has 2 heterocycles. The molecular weight excluding hydrogens is 407 g/mol. The van der Waals surface area contributed by atoms with Gasteiger partial charge >= 0.3 is 6.18 Å². The zero-order valence-corrected chi connectivity index (χ0v) is 16.7. The minimum atomic E-state index is -4.55. The van der Waals surface area contributed by atoms with Crippen LogP contribution >= 0.6 is 11.6 Å². The summed E-state index contributed by atoms with van der Waals surface area (Å²) in [5.41, 5.74) is -0.0117. The molecule has 29 heavy (non-hydrogen) atoms. The third kappa shape index (κ3) is 5.61. The number of hydrogen-bond donors (Lipinski definition) is 1. The second-order valence-corrected chi connectivity index (χ2v) is 7.49. The molecule has 3 rings (SSSR count). The van der Waals surface area contributed by atoms with Crippen LogP contribution in [-0.4, -0.2) is 36.2 Å². The molecule has 1 saturated heterocycles. The molecule has 1 fully saturated rings. The average Bonchev–Trinajstić information content (AvgIpc) is 2.62. The molecule has 5 nitrogen and oxygen atoms in total. The lowest BCUT2D eigenvalue weighted by Crippen LogP contribution is -2.46. The number of pyridine rings is 1. The van der Waals surface area contributed by atoms with Gasteiger partial charge in [0.2, 0.25) is 5.91 Å². The summed E-state index contributed by atoms with van der Waals surface area (Å²) in [4.78, 5) is 17.8. The van der Waals surface area contributed by atoms with Crippen molar-refractivity contribution >= 4 is 28.9 Å². The topological polar surface area (TPSA) is 54.5 Å². The van der Waals surface area contributed by atoms with E-state index in [-0.39, 0.29) is 30.0 Å². The molecule has 2 atom stereocenters. The second-order valence-electron chi connectivity index (χ2n) is 7.11. The molecule has 1 aliphatic heterocycles. The molecule has 1 aromatic carbocycles. The molecular formula is C20H21ClF3N3O2. The number of carbonyl (C=O) groups is 1. The van der Waals surface area contributed by atoms with Crippen molar-refractivity contribution in [2.45, 2.75) is 38.7 Å². The van der Waals surface area contributed by atoms with Gasteiger partial charge in [-0.15, -0.1) is 0 Å². The molecule has 0 bridgehead atoms. The van der Waals surface area contributed by atoms with Crippen LogP contribution < -0.4 is 10.2 Å². The van der Waals surface area contributed by atoms with E-state index in [0.717, 1.165) is 6.07 Å². The van der Waals surface area contributed by atoms with Gasteiger partial charge < -0.3 is 15.0 Å². The van der Waals surface area contributed by atoms with Crippen molar-refractivity contribution in [3.05, 3.63) is 52.8 Å². The van der Waals surface area contributed by atoms with E-state index in [4.69, 9.17) is 16.3 Å². The summed E-state index contributed by atoms with van der Waals surface area (Å²) in [7, 11) is 0. The van der Waals surface area contributed by atoms with Gasteiger partial charge in [0, 0.05) is 30.7 Å². The van der Waals surface area contributed by atoms with E-state index in [1.54, 1.807) is 17.0 Å². The predicted octanol–water partition coefficient (Wildman–Crippen LogP) is 4.55. The number of alkyl halides is 3. The Balaban J connectivity index is 1.80. The monoisotopic (exact) mass is 427 g/mol. The first-order valence-corrected chi connectivity index (χ1v) is 9.51. The summed E-state index contributed by atoms with van der Waals surface area (Å²) in [6.07, 6.45) is -3.47. The summed E-state index contributed by atoms with van der Waals surface area (Å²) in [6.45, 7) is 4.39. The maximum absolute atomic E-state index is 13.7. The van der Waals surface area contributed by atoms with Crippen molar-refractivity contribution < 1.29 is 22.7 Å². The zero-order chi connectivity index (χ0) is 21.2. The first kappa shape index (κ1) is 21.4. The van der Waals surface area contributed by atoms with Crippen LogP contribution in [0.25, 0.3) is 0 Å². The maximum atomic E-state index is 13.7. The molecule has 1 aromatic heterocycles. The van der Waals surface area contributed by atoms with E-state index < -0.39 is 17.6 Å². The summed E-state index contributed by atoms with van der Waals surface area (Å²) in [5.74, 6) is -0.441. The number of ether oxygens (including phenoxy) is 1. The molecule has 2 unspecified atom stereocenters. The van der Waals surface area contributed by atoms with Gasteiger partial charge in [0.05, 0.1) is 24.2 Å². The van der Waals surface area contributed by atoms with Crippen LogP contribution in [0.15, 0.2) is 36.5 Å². The number of benzene rings is 1. The Kier molecular flexibility index (Phi) is 6.33. The molecule has 0 aliphatic carbocycles. The van der Waals surface area contributed by atoms with E-state index in [2.05, 4.69) is 10.3 Å². The van der Waals surface area contributed by atoms with Gasteiger partial charge in [-0.25, -0.2) is 4.98 Å². The Hall–Kier alpha value is -2.32. The molecule has 156 valence electrons. The minimum Gasteiger partial charge on any atom is -0.372 e. The Bertz CT molecular complexity index is 864. The maximum Gasteiger partial charge on any atom is 0.418 e. The third-order valence-electron chi connectivity index (χ3n) is 4.50. The van der Waals surface area contributed by atoms with Crippen molar-refractivity contribution in [2.75, 3.05) is 23.3 Å². The number of anilines is 2. The SMILES string of the molecule is CC1CN(c2ccc(NC(=O)Cc3ccc(Cl)nc3)cc2C(F)(F)F)CC(C)O1. The van der Waals surface area contributed by atoms with Crippen molar-refractivity contribution in [3.63, 3.8) is 0 Å². The predicted molar refractivity (Wildman–Crippen MR) is 105 cm³/mol. The van der Waals surface area contributed by atoms with Gasteiger partial charge in [0.25, 0.3) is 0 Å². The smallest absolute Gasteiger partial charge is 0.372 e. The van der Waals surface area contributed by atoms with Crippen LogP contribution in [-0.2, 0) is 22.1 Å². The molecule has 1 aliphatic rings. The van der Waals surface area contributed by atoms with Crippen LogP contribution in [0, 0.1) is 0 Å². The van der Waals surface area contributed by atoms with E-state index in [1.165, 1.54) is 18.3 Å². The van der Waals surface area contributed by atoms with Crippen LogP contribution in [0.1, 0.15) is 25.0 Å². The number of halogens is 4. The van der Waals surface area contributed by atoms with Gasteiger partial charge in [0.15, 0.2) is 0 Å². The number of rotatable bonds is 4. The Morgan fingerprint density at radius 2 is 1.93 bits per heavy atom. The Labute approximate surface area is 171 Å². The largest absolute Gasteiger partial charge is 0.418 e. The van der Waals surface area contributed by atoms with Gasteiger partial charge in [-0.3, -0.25) is 4.79 Å². The number of hydrogen-bond acceptors (Lipinski definition) is 4. The molecule has 0 saturated carbocycles. The standard InChI is InChI=1S/C20H21ClF3N3O2/c1-12-10-27(11-13(2)29-12)17-5-4-15(8-16(17)20(22,23)24)26-19(28)7-14-3-6-18(21)25-9-14/h3-6,8-9,12-13H,7,10-11H2,1-2H3,(H,26,28). The molecule has 9 heteroatoms. The quantitative estimate of drug-likeness (QED) is 0.727. The van der Waals surface area contributed by atoms with E-state index in [0.29, 0.717) is 23.8 Å². The molecule has 1 amide bonds. The fourth-order valence-electron chi connectivity index (χ4n) is 3.39. The fraction of sp³-hybridized carbons (Fsp3) is 0.400. The van der Waals surface area contributed by atoms with Crippen molar-refractivity contribution in [2.24, 2.45) is 0 Å². The number of morpholine rings is 1. The van der Waals surface area contributed by atoms with E-state index >= 15 is 0 Å².